The number of nitrogens with one attached hydrogen (secondary N) is 2. The van der Waals surface area contributed by atoms with Crippen LogP contribution in [0.1, 0.15) is 53.2 Å². The molecular formula is C48H45ClN10O7. The van der Waals surface area contributed by atoms with Gasteiger partial charge in [0, 0.05) is 60.4 Å². The quantitative estimate of drug-likeness (QED) is 0.0901. The number of para-hydroxylation sites is 1. The van der Waals surface area contributed by atoms with E-state index in [1.807, 2.05) is 65.3 Å². The van der Waals surface area contributed by atoms with Crippen LogP contribution in [0.4, 0.5) is 16.3 Å². The van der Waals surface area contributed by atoms with E-state index in [4.69, 9.17) is 31.9 Å². The first-order valence-electron chi connectivity index (χ1n) is 21.4. The number of piperidine rings is 2. The lowest BCUT2D eigenvalue weighted by Gasteiger charge is -2.34. The Labute approximate surface area is 384 Å². The van der Waals surface area contributed by atoms with Crippen molar-refractivity contribution in [1.82, 2.24) is 40.2 Å². The summed E-state index contributed by atoms with van der Waals surface area (Å²) in [5.41, 5.74) is 10.8. The number of nitrogen functional groups attached to an aromatic ring is 1. The van der Waals surface area contributed by atoms with Crippen molar-refractivity contribution in [2.75, 3.05) is 37.4 Å². The maximum atomic E-state index is 14.3. The molecule has 336 valence electrons. The molecule has 2 saturated heterocycles. The summed E-state index contributed by atoms with van der Waals surface area (Å²) in [5.74, 6) is 0.571. The molecule has 66 heavy (non-hydrogen) atoms. The molecule has 0 bridgehead atoms. The normalized spacial score (nSPS) is 17.0. The number of methoxy groups -OCH3 is 1. The Bertz CT molecular complexity index is 2910. The van der Waals surface area contributed by atoms with E-state index < -0.39 is 18.0 Å². The van der Waals surface area contributed by atoms with Gasteiger partial charge in [-0.05, 0) is 85.0 Å². The SMILES string of the molecule is C=C(CN(C(=O)NCc1ccc2c(c1)CN(C1CCC(=O)NC1=O)C2=O)c1cc(Cl)cc(OC)c1)C(=O)N1CCC[C@@H](n2nc(-c3ccc(Oc4ccccc4)cc3)c3c(N)ncnc32)C1. The molecular weight excluding hydrogens is 864 g/mol. The van der Waals surface area contributed by atoms with Crippen LogP contribution < -0.4 is 30.7 Å². The van der Waals surface area contributed by atoms with Crippen LogP contribution in [0.25, 0.3) is 22.3 Å². The van der Waals surface area contributed by atoms with Crippen molar-refractivity contribution in [2.24, 2.45) is 0 Å². The largest absolute Gasteiger partial charge is 0.497 e. The molecule has 9 rings (SSSR count). The van der Waals surface area contributed by atoms with Gasteiger partial charge in [-0.15, -0.1) is 0 Å². The minimum atomic E-state index is -0.747. The number of rotatable bonds is 12. The summed E-state index contributed by atoms with van der Waals surface area (Å²) in [7, 11) is 1.49. The fraction of sp³-hybridized carbons (Fsp3) is 0.250. The summed E-state index contributed by atoms with van der Waals surface area (Å²) >= 11 is 6.48. The van der Waals surface area contributed by atoms with Crippen molar-refractivity contribution in [3.05, 3.63) is 131 Å². The average Bonchev–Trinajstić information content (AvgIpc) is 3.88. The number of imide groups is 1. The molecule has 2 aromatic heterocycles. The fourth-order valence-corrected chi connectivity index (χ4v) is 8.91. The standard InChI is InChI=1S/C48H45ClN10O7/c1-28(46(62)56-18-6-7-33(26-56)59-44-41(43(50)52-27-53-44)42(55-59)30-11-13-36(14-12-30)66-35-8-4-3-5-9-35)24-57(34-20-32(49)21-37(22-34)65-2)48(64)51-23-29-10-15-38-31(19-29)25-58(47(38)63)39-16-17-40(60)54-45(39)61/h3-5,8-15,19-22,27,33,39H,1,6-7,16-18,23-26H2,2H3,(H,51,64)(H2,50,52,53)(H,54,60,61)/t33-,39?/m1/s1. The maximum absolute atomic E-state index is 14.3. The van der Waals surface area contributed by atoms with Crippen LogP contribution in [-0.4, -0.2) is 92.0 Å². The molecule has 0 spiro atoms. The van der Waals surface area contributed by atoms with Crippen LogP contribution in [0.2, 0.25) is 5.02 Å². The minimum absolute atomic E-state index is 0.0701. The molecule has 6 aromatic rings. The smallest absolute Gasteiger partial charge is 0.322 e. The second-order valence-corrected chi connectivity index (χ2v) is 16.8. The van der Waals surface area contributed by atoms with Gasteiger partial charge in [0.05, 0.1) is 30.8 Å². The number of hydrogen-bond acceptors (Lipinski definition) is 11. The average molecular weight is 909 g/mol. The monoisotopic (exact) mass is 908 g/mol. The number of carbonyl (C=O) groups is 5. The van der Waals surface area contributed by atoms with Crippen LogP contribution in [0.15, 0.2) is 109 Å². The van der Waals surface area contributed by atoms with Gasteiger partial charge in [-0.1, -0.05) is 48.5 Å². The summed E-state index contributed by atoms with van der Waals surface area (Å²) in [6, 6.07) is 25.5. The third kappa shape index (κ3) is 8.84. The van der Waals surface area contributed by atoms with E-state index in [-0.39, 0.29) is 67.6 Å². The molecule has 17 nitrogen and oxygen atoms in total. The maximum Gasteiger partial charge on any atom is 0.322 e. The van der Waals surface area contributed by atoms with E-state index in [0.29, 0.717) is 87.3 Å². The van der Waals surface area contributed by atoms with Gasteiger partial charge >= 0.3 is 6.03 Å². The van der Waals surface area contributed by atoms with Crippen molar-refractivity contribution >= 4 is 63.8 Å². The molecule has 1 unspecified atom stereocenters. The van der Waals surface area contributed by atoms with Crippen molar-refractivity contribution < 1.29 is 33.4 Å². The third-order valence-corrected chi connectivity index (χ3v) is 12.2. The molecule has 0 saturated carbocycles. The van der Waals surface area contributed by atoms with Crippen molar-refractivity contribution in [2.45, 2.75) is 50.9 Å². The van der Waals surface area contributed by atoms with Crippen molar-refractivity contribution in [3.8, 4) is 28.5 Å². The van der Waals surface area contributed by atoms with E-state index in [1.165, 1.54) is 23.2 Å². The van der Waals surface area contributed by atoms with Gasteiger partial charge in [0.1, 0.15) is 41.1 Å². The summed E-state index contributed by atoms with van der Waals surface area (Å²) in [6.45, 7) is 4.99. The third-order valence-electron chi connectivity index (χ3n) is 12.0. The summed E-state index contributed by atoms with van der Waals surface area (Å²) in [5, 5.41) is 11.2. The Hall–Kier alpha value is -7.79. The van der Waals surface area contributed by atoms with E-state index in [2.05, 4.69) is 27.2 Å². The molecule has 3 aliphatic heterocycles. The minimum Gasteiger partial charge on any atom is -0.497 e. The molecule has 6 amide bonds. The molecule has 0 aliphatic carbocycles. The number of halogens is 1. The molecule has 0 radical (unpaired) electrons. The predicted molar refractivity (Wildman–Crippen MR) is 246 cm³/mol. The first-order valence-corrected chi connectivity index (χ1v) is 21.8. The summed E-state index contributed by atoms with van der Waals surface area (Å²) in [4.78, 5) is 79.4. The highest BCUT2D eigenvalue weighted by Gasteiger charge is 2.39. The van der Waals surface area contributed by atoms with Crippen molar-refractivity contribution in [1.29, 1.82) is 0 Å². The summed E-state index contributed by atoms with van der Waals surface area (Å²) in [6.07, 6.45) is 3.18. The topological polar surface area (TPSA) is 207 Å². The van der Waals surface area contributed by atoms with Gasteiger partial charge in [0.25, 0.3) is 11.8 Å². The number of nitrogens with two attached hydrogens (primary N) is 1. The highest BCUT2D eigenvalue weighted by Crippen LogP contribution is 2.36. The molecule has 2 atom stereocenters. The van der Waals surface area contributed by atoms with Gasteiger partial charge in [0.15, 0.2) is 5.65 Å². The molecule has 5 heterocycles. The Morgan fingerprint density at radius 1 is 0.970 bits per heavy atom. The van der Waals surface area contributed by atoms with E-state index in [1.54, 1.807) is 35.2 Å². The number of hydrogen-bond donors (Lipinski definition) is 3. The van der Waals surface area contributed by atoms with Gasteiger partial charge in [-0.2, -0.15) is 5.10 Å². The van der Waals surface area contributed by atoms with Gasteiger partial charge in [-0.3, -0.25) is 29.4 Å². The molecule has 18 heteroatoms. The highest BCUT2D eigenvalue weighted by molar-refractivity contribution is 6.31. The molecule has 4 N–H and O–H groups in total. The lowest BCUT2D eigenvalue weighted by Crippen LogP contribution is -2.52. The number of likely N-dealkylation sites (tertiary alicyclic amines) is 1. The Balaban J connectivity index is 0.904. The number of nitrogens with zero attached hydrogens (tertiary/aromatic N) is 7. The van der Waals surface area contributed by atoms with Crippen LogP contribution >= 0.6 is 11.6 Å². The molecule has 2 fully saturated rings. The number of ether oxygens (including phenoxy) is 2. The van der Waals surface area contributed by atoms with E-state index in [9.17, 15) is 24.0 Å². The van der Waals surface area contributed by atoms with Crippen LogP contribution in [-0.2, 0) is 27.5 Å². The lowest BCUT2D eigenvalue weighted by atomic mass is 10.0. The number of aromatic nitrogens is 4. The van der Waals surface area contributed by atoms with Crippen molar-refractivity contribution in [3.63, 3.8) is 0 Å². The summed E-state index contributed by atoms with van der Waals surface area (Å²) < 4.78 is 13.3. The first kappa shape index (κ1) is 43.5. The number of benzene rings is 4. The second-order valence-electron chi connectivity index (χ2n) is 16.3. The van der Waals surface area contributed by atoms with Crippen LogP contribution in [0, 0.1) is 0 Å². The number of anilines is 2. The lowest BCUT2D eigenvalue weighted by molar-refractivity contribution is -0.137. The fourth-order valence-electron chi connectivity index (χ4n) is 8.69. The predicted octanol–water partition coefficient (Wildman–Crippen LogP) is 6.43. The van der Waals surface area contributed by atoms with Gasteiger partial charge in [0.2, 0.25) is 11.8 Å². The zero-order valence-corrected chi connectivity index (χ0v) is 36.7. The van der Waals surface area contributed by atoms with Crippen LogP contribution in [0.3, 0.4) is 0 Å². The van der Waals surface area contributed by atoms with Gasteiger partial charge < -0.3 is 30.3 Å². The Morgan fingerprint density at radius 3 is 2.53 bits per heavy atom. The number of amides is 6. The second kappa shape index (κ2) is 18.4. The number of fused-ring (bicyclic) bond motifs is 2. The number of urea groups is 1. The van der Waals surface area contributed by atoms with E-state index >= 15 is 0 Å². The zero-order valence-electron chi connectivity index (χ0n) is 35.9. The van der Waals surface area contributed by atoms with Gasteiger partial charge in [-0.25, -0.2) is 19.4 Å². The number of carbonyl (C=O) groups excluding carboxylic acids is 5. The van der Waals surface area contributed by atoms with E-state index in [0.717, 1.165) is 5.56 Å². The Morgan fingerprint density at radius 2 is 1.76 bits per heavy atom. The Kier molecular flexibility index (Phi) is 12.1. The first-order chi connectivity index (χ1) is 31.9. The molecule has 4 aromatic carbocycles. The highest BCUT2D eigenvalue weighted by atomic mass is 35.5. The molecule has 3 aliphatic rings. The zero-order chi connectivity index (χ0) is 46.1. The van der Waals surface area contributed by atoms with Crippen LogP contribution in [0.5, 0.6) is 17.2 Å².